The summed E-state index contributed by atoms with van der Waals surface area (Å²) in [5, 5.41) is 16.0. The average Bonchev–Trinajstić information content (AvgIpc) is 2.76. The van der Waals surface area contributed by atoms with Crippen LogP contribution in [0, 0.1) is 17.3 Å². The molecule has 40 heavy (non-hydrogen) atoms. The van der Waals surface area contributed by atoms with Gasteiger partial charge in [0.05, 0.1) is 5.41 Å². The van der Waals surface area contributed by atoms with Gasteiger partial charge in [-0.2, -0.15) is 0 Å². The first-order valence-corrected chi connectivity index (χ1v) is 14.0. The van der Waals surface area contributed by atoms with Crippen molar-refractivity contribution >= 4 is 24.1 Å². The van der Waals surface area contributed by atoms with Gasteiger partial charge in [0.2, 0.25) is 5.91 Å². The monoisotopic (exact) mass is 558 g/mol. The Hall–Kier alpha value is -3.30. The molecule has 4 aliphatic carbocycles. The van der Waals surface area contributed by atoms with Crippen molar-refractivity contribution in [3.05, 3.63) is 29.8 Å². The van der Waals surface area contributed by atoms with E-state index in [0.29, 0.717) is 19.3 Å². The van der Waals surface area contributed by atoms with E-state index >= 15 is 0 Å². The topological polar surface area (TPSA) is 140 Å². The van der Waals surface area contributed by atoms with Crippen LogP contribution in [0.1, 0.15) is 85.6 Å². The first-order valence-electron chi connectivity index (χ1n) is 14.0. The predicted octanol–water partition coefficient (Wildman–Crippen LogP) is 4.98. The normalized spacial score (nSPS) is 27.9. The maximum Gasteiger partial charge on any atom is 0.514 e. The maximum absolute atomic E-state index is 13.7. The molecule has 1 aromatic rings. The van der Waals surface area contributed by atoms with Crippen LogP contribution in [0.2, 0.25) is 0 Å². The molecule has 4 fully saturated rings. The predicted molar refractivity (Wildman–Crippen MR) is 146 cm³/mol. The number of rotatable bonds is 7. The standard InChI is InChI=1S/C30H42N2O8/c1-27(2,3)39-25(36)31-22(12-18-7-9-21(10-8-18)38-26(37)40-28(4,5)6)23(33)32-30-15-19-11-20(16-30)14-29(13-19,17-30)24(34)35/h7-10,19-20,22H,11-17H2,1-6H3,(H,31,36)(H,32,33)(H,34,35)/t19-,20+,22-,29?,30?/m0/s1. The lowest BCUT2D eigenvalue weighted by atomic mass is 9.47. The van der Waals surface area contributed by atoms with Gasteiger partial charge in [-0.25, -0.2) is 9.59 Å². The third-order valence-corrected chi connectivity index (χ3v) is 7.86. The number of carbonyl (C=O) groups excluding carboxylic acids is 3. The van der Waals surface area contributed by atoms with Crippen LogP contribution in [0.3, 0.4) is 0 Å². The third kappa shape index (κ3) is 7.26. The number of aliphatic carboxylic acids is 1. The van der Waals surface area contributed by atoms with Crippen LogP contribution in [-0.2, 0) is 25.5 Å². The Balaban J connectivity index is 1.49. The third-order valence-electron chi connectivity index (χ3n) is 7.86. The molecule has 3 N–H and O–H groups in total. The molecule has 0 aliphatic heterocycles. The fraction of sp³-hybridized carbons (Fsp3) is 0.667. The van der Waals surface area contributed by atoms with Gasteiger partial charge in [0.1, 0.15) is 23.0 Å². The number of nitrogens with one attached hydrogen (secondary N) is 2. The summed E-state index contributed by atoms with van der Waals surface area (Å²) in [6, 6.07) is 5.65. The highest BCUT2D eigenvalue weighted by atomic mass is 16.7. The summed E-state index contributed by atoms with van der Waals surface area (Å²) < 4.78 is 15.8. The van der Waals surface area contributed by atoms with E-state index in [9.17, 15) is 24.3 Å². The highest BCUT2D eigenvalue weighted by Gasteiger charge is 2.61. The van der Waals surface area contributed by atoms with Gasteiger partial charge < -0.3 is 30.0 Å². The minimum atomic E-state index is -0.957. The van der Waals surface area contributed by atoms with Crippen molar-refractivity contribution in [1.82, 2.24) is 10.6 Å². The summed E-state index contributed by atoms with van der Waals surface area (Å²) in [4.78, 5) is 50.7. The van der Waals surface area contributed by atoms with E-state index in [1.165, 1.54) is 0 Å². The number of carbonyl (C=O) groups is 4. The number of carboxylic acids is 1. The molecule has 1 aromatic carbocycles. The second-order valence-electron chi connectivity index (χ2n) is 13.9. The van der Waals surface area contributed by atoms with Gasteiger partial charge >= 0.3 is 18.2 Å². The van der Waals surface area contributed by atoms with Gasteiger partial charge in [-0.15, -0.1) is 0 Å². The van der Waals surface area contributed by atoms with Crippen LogP contribution in [0.25, 0.3) is 0 Å². The highest BCUT2D eigenvalue weighted by molar-refractivity contribution is 5.87. The van der Waals surface area contributed by atoms with Gasteiger partial charge in [-0.05, 0) is 110 Å². The zero-order valence-electron chi connectivity index (χ0n) is 24.3. The molecule has 4 saturated carbocycles. The van der Waals surface area contributed by atoms with Gasteiger partial charge in [0, 0.05) is 12.0 Å². The summed E-state index contributed by atoms with van der Waals surface area (Å²) in [6.07, 6.45) is 2.85. The molecular weight excluding hydrogens is 516 g/mol. The molecule has 220 valence electrons. The first-order chi connectivity index (χ1) is 18.4. The quantitative estimate of drug-likeness (QED) is 0.315. The lowest BCUT2D eigenvalue weighted by Crippen LogP contribution is -2.66. The van der Waals surface area contributed by atoms with Crippen LogP contribution in [0.15, 0.2) is 24.3 Å². The van der Waals surface area contributed by atoms with E-state index in [1.54, 1.807) is 65.8 Å². The lowest BCUT2D eigenvalue weighted by molar-refractivity contribution is -0.169. The number of carboxylic acid groups (broad SMARTS) is 1. The van der Waals surface area contributed by atoms with E-state index in [4.69, 9.17) is 14.2 Å². The minimum absolute atomic E-state index is 0.158. The Morgan fingerprint density at radius 2 is 1.50 bits per heavy atom. The van der Waals surface area contributed by atoms with E-state index in [-0.39, 0.29) is 29.9 Å². The van der Waals surface area contributed by atoms with Gasteiger partial charge in [0.15, 0.2) is 0 Å². The molecule has 10 heteroatoms. The first kappa shape index (κ1) is 29.7. The van der Waals surface area contributed by atoms with Crippen LogP contribution in [0.5, 0.6) is 5.75 Å². The number of ether oxygens (including phenoxy) is 3. The molecule has 0 saturated heterocycles. The summed E-state index contributed by atoms with van der Waals surface area (Å²) >= 11 is 0. The Morgan fingerprint density at radius 3 is 2.02 bits per heavy atom. The van der Waals surface area contributed by atoms with Crippen LogP contribution >= 0.6 is 0 Å². The lowest BCUT2D eigenvalue weighted by Gasteiger charge is -2.60. The highest BCUT2D eigenvalue weighted by Crippen LogP contribution is 2.61. The fourth-order valence-corrected chi connectivity index (χ4v) is 6.96. The molecule has 0 heterocycles. The molecule has 0 radical (unpaired) electrons. The van der Waals surface area contributed by atoms with Crippen LogP contribution in [-0.4, -0.2) is 52.0 Å². The summed E-state index contributed by atoms with van der Waals surface area (Å²) in [7, 11) is 0. The van der Waals surface area contributed by atoms with E-state index in [2.05, 4.69) is 10.6 Å². The Morgan fingerprint density at radius 1 is 0.925 bits per heavy atom. The molecule has 10 nitrogen and oxygen atoms in total. The average molecular weight is 559 g/mol. The van der Waals surface area contributed by atoms with Gasteiger partial charge in [0.25, 0.3) is 0 Å². The zero-order chi connectivity index (χ0) is 29.5. The number of alkyl carbamates (subject to hydrolysis) is 1. The van der Waals surface area contributed by atoms with Crippen LogP contribution in [0.4, 0.5) is 9.59 Å². The SMILES string of the molecule is CC(C)(C)OC(=O)N[C@@H](Cc1ccc(OC(=O)OC(C)(C)C)cc1)C(=O)NC12C[C@H]3C[C@@H](C1)CC(C(=O)O)(C3)C2. The van der Waals surface area contributed by atoms with Crippen molar-refractivity contribution < 1.29 is 38.5 Å². The number of benzene rings is 1. The van der Waals surface area contributed by atoms with E-state index < -0.39 is 46.4 Å². The van der Waals surface area contributed by atoms with Crippen LogP contribution < -0.4 is 15.4 Å². The fourth-order valence-electron chi connectivity index (χ4n) is 6.96. The largest absolute Gasteiger partial charge is 0.514 e. The molecule has 2 unspecified atom stereocenters. The van der Waals surface area contributed by atoms with Gasteiger partial charge in [-0.1, -0.05) is 12.1 Å². The van der Waals surface area contributed by atoms with E-state index in [0.717, 1.165) is 24.8 Å². The minimum Gasteiger partial charge on any atom is -0.481 e. The number of hydrogen-bond acceptors (Lipinski definition) is 7. The Kier molecular flexibility index (Phi) is 7.86. The summed E-state index contributed by atoms with van der Waals surface area (Å²) in [5.74, 6) is -0.328. The Labute approximate surface area is 235 Å². The molecule has 5 rings (SSSR count). The van der Waals surface area contributed by atoms with Crippen molar-refractivity contribution in [3.63, 3.8) is 0 Å². The molecular formula is C30H42N2O8. The molecule has 5 atom stereocenters. The van der Waals surface area contributed by atoms with Gasteiger partial charge in [-0.3, -0.25) is 9.59 Å². The van der Waals surface area contributed by atoms with E-state index in [1.807, 2.05) is 0 Å². The molecule has 0 aromatic heterocycles. The summed E-state index contributed by atoms with van der Waals surface area (Å²) in [6.45, 7) is 10.4. The van der Waals surface area contributed by atoms with Crippen molar-refractivity contribution in [1.29, 1.82) is 0 Å². The second-order valence-corrected chi connectivity index (χ2v) is 13.9. The zero-order valence-corrected chi connectivity index (χ0v) is 24.3. The maximum atomic E-state index is 13.7. The van der Waals surface area contributed by atoms with Crippen molar-refractivity contribution in [2.24, 2.45) is 17.3 Å². The molecule has 4 aliphatic rings. The summed E-state index contributed by atoms with van der Waals surface area (Å²) in [5.41, 5.74) is -2.11. The van der Waals surface area contributed by atoms with Crippen molar-refractivity contribution in [2.45, 2.75) is 109 Å². The molecule has 0 spiro atoms. The molecule has 4 bridgehead atoms. The molecule has 2 amide bonds. The smallest absolute Gasteiger partial charge is 0.481 e. The number of amides is 2. The van der Waals surface area contributed by atoms with Crippen molar-refractivity contribution in [2.75, 3.05) is 0 Å². The second kappa shape index (κ2) is 10.6. The number of hydrogen-bond donors (Lipinski definition) is 3. The Bertz CT molecular complexity index is 1130. The van der Waals surface area contributed by atoms with Crippen molar-refractivity contribution in [3.8, 4) is 5.75 Å².